The van der Waals surface area contributed by atoms with Gasteiger partial charge >= 0.3 is 0 Å². The number of fused-ring (bicyclic) bond motifs is 4. The second-order valence-electron chi connectivity index (χ2n) is 11.3. The average molecular weight is 485 g/mol. The second-order valence-corrected chi connectivity index (χ2v) is 11.3. The summed E-state index contributed by atoms with van der Waals surface area (Å²) in [5, 5.41) is 13.0. The number of morpholine rings is 1. The Morgan fingerprint density at radius 3 is 2.56 bits per heavy atom. The van der Waals surface area contributed by atoms with Crippen molar-refractivity contribution in [3.8, 4) is 6.07 Å². The molecule has 0 unspecified atom stereocenters. The first-order valence-corrected chi connectivity index (χ1v) is 13.5. The van der Waals surface area contributed by atoms with Gasteiger partial charge in [-0.1, -0.05) is 26.8 Å². The summed E-state index contributed by atoms with van der Waals surface area (Å²) in [6.07, 6.45) is 3.25. The second kappa shape index (κ2) is 8.90. The van der Waals surface area contributed by atoms with E-state index in [9.17, 15) is 10.1 Å². The monoisotopic (exact) mass is 484 g/mol. The lowest BCUT2D eigenvalue weighted by Gasteiger charge is -2.44. The fraction of sp³-hybridized carbons (Fsp3) is 0.533. The highest BCUT2D eigenvalue weighted by atomic mass is 16.5. The number of hydrogen-bond donors (Lipinski definition) is 1. The molecular weight excluding hydrogens is 448 g/mol. The molecule has 2 fully saturated rings. The van der Waals surface area contributed by atoms with Gasteiger partial charge in [0.15, 0.2) is 5.78 Å². The number of Topliss-reactive ketones (excluding diaryl/α,β-unsaturated/α-hetero) is 1. The number of ether oxygens (including phenoxy) is 1. The maximum atomic E-state index is 13.9. The Labute approximate surface area is 214 Å². The van der Waals surface area contributed by atoms with Crippen molar-refractivity contribution < 1.29 is 9.53 Å². The minimum Gasteiger partial charge on any atom is -0.380 e. The number of nitriles is 1. The number of benzene rings is 2. The smallest absolute Gasteiger partial charge is 0.172 e. The van der Waals surface area contributed by atoms with Gasteiger partial charge in [-0.05, 0) is 60.2 Å². The molecule has 0 radical (unpaired) electrons. The molecule has 1 N–H and O–H groups in total. The van der Waals surface area contributed by atoms with E-state index in [-0.39, 0.29) is 23.2 Å². The maximum Gasteiger partial charge on any atom is 0.172 e. The average Bonchev–Trinajstić information content (AvgIpc) is 3.32. The zero-order valence-corrected chi connectivity index (χ0v) is 21.6. The lowest BCUT2D eigenvalue weighted by Crippen LogP contribution is -2.50. The van der Waals surface area contributed by atoms with Gasteiger partial charge in [0.25, 0.3) is 0 Å². The van der Waals surface area contributed by atoms with Crippen molar-refractivity contribution >= 4 is 17.2 Å². The van der Waals surface area contributed by atoms with Crippen molar-refractivity contribution in [3.63, 3.8) is 0 Å². The van der Waals surface area contributed by atoms with Crippen molar-refractivity contribution in [1.29, 1.82) is 5.26 Å². The fourth-order valence-corrected chi connectivity index (χ4v) is 7.04. The van der Waals surface area contributed by atoms with E-state index in [1.807, 2.05) is 18.2 Å². The van der Waals surface area contributed by atoms with Gasteiger partial charge in [-0.25, -0.2) is 0 Å². The zero-order chi connectivity index (χ0) is 25.0. The Morgan fingerprint density at radius 1 is 1.11 bits per heavy atom. The zero-order valence-electron chi connectivity index (χ0n) is 21.6. The molecule has 4 aliphatic rings. The van der Waals surface area contributed by atoms with Gasteiger partial charge in [0, 0.05) is 60.6 Å². The molecule has 188 valence electrons. The largest absolute Gasteiger partial charge is 0.380 e. The number of nitrogens with zero attached hydrogens (tertiary/aromatic N) is 3. The van der Waals surface area contributed by atoms with Crippen molar-refractivity contribution in [2.75, 3.05) is 49.6 Å². The third kappa shape index (κ3) is 3.64. The fourth-order valence-electron chi connectivity index (χ4n) is 7.04. The van der Waals surface area contributed by atoms with E-state index in [2.05, 4.69) is 54.1 Å². The SMILES string of the molecule is CCc1cc2c(cc1N1CCC(N3CCOCC3)CC1)C(C)(C)[C@@H]1Nc3cc(C#N)ccc3[C@H]1C2=O. The molecule has 2 aromatic rings. The number of carbonyl (C=O) groups excluding carboxylic acids is 1. The van der Waals surface area contributed by atoms with Crippen LogP contribution in [0.3, 0.4) is 0 Å². The van der Waals surface area contributed by atoms with Crippen LogP contribution < -0.4 is 10.2 Å². The van der Waals surface area contributed by atoms with E-state index in [0.29, 0.717) is 11.6 Å². The van der Waals surface area contributed by atoms with E-state index in [0.717, 1.165) is 68.2 Å². The molecule has 6 heteroatoms. The quantitative estimate of drug-likeness (QED) is 0.693. The van der Waals surface area contributed by atoms with Gasteiger partial charge in [-0.3, -0.25) is 9.69 Å². The summed E-state index contributed by atoms with van der Waals surface area (Å²) < 4.78 is 5.56. The minimum absolute atomic E-state index is 0.0196. The standard InChI is InChI=1S/C30H36N4O2/c1-4-20-16-23-24(17-26(20)34-9-7-21(8-10-34)33-11-13-36-14-12-33)30(2,3)29-27(28(23)35)22-6-5-19(18-31)15-25(22)32-29/h5-6,15-17,21,27,29,32H,4,7-14H2,1-3H3/t27-,29+/m0/s1. The summed E-state index contributed by atoms with van der Waals surface area (Å²) in [6.45, 7) is 12.6. The van der Waals surface area contributed by atoms with Gasteiger partial charge in [0.1, 0.15) is 0 Å². The summed E-state index contributed by atoms with van der Waals surface area (Å²) in [5.74, 6) is -0.00683. The van der Waals surface area contributed by atoms with Crippen LogP contribution in [0.25, 0.3) is 0 Å². The topological polar surface area (TPSA) is 68.6 Å². The molecule has 2 aromatic carbocycles. The first kappa shape index (κ1) is 23.5. The predicted molar refractivity (Wildman–Crippen MR) is 142 cm³/mol. The third-order valence-corrected chi connectivity index (χ3v) is 9.15. The van der Waals surface area contributed by atoms with Crippen LogP contribution in [0.5, 0.6) is 0 Å². The van der Waals surface area contributed by atoms with Gasteiger partial charge in [0.05, 0.1) is 30.8 Å². The summed E-state index contributed by atoms with van der Waals surface area (Å²) in [7, 11) is 0. The highest BCUT2D eigenvalue weighted by Crippen LogP contribution is 2.52. The Balaban J connectivity index is 1.32. The number of anilines is 2. The Morgan fingerprint density at radius 2 is 1.86 bits per heavy atom. The molecular formula is C30H36N4O2. The van der Waals surface area contributed by atoms with E-state index in [1.165, 1.54) is 24.1 Å². The van der Waals surface area contributed by atoms with Gasteiger partial charge in [-0.2, -0.15) is 5.26 Å². The molecule has 3 heterocycles. The van der Waals surface area contributed by atoms with Crippen LogP contribution in [0.4, 0.5) is 11.4 Å². The highest BCUT2D eigenvalue weighted by molar-refractivity contribution is 6.07. The van der Waals surface area contributed by atoms with Crippen molar-refractivity contribution in [1.82, 2.24) is 4.90 Å². The molecule has 0 amide bonds. The number of aryl methyl sites for hydroxylation is 1. The van der Waals surface area contributed by atoms with Crippen LogP contribution in [0, 0.1) is 11.3 Å². The number of nitrogens with one attached hydrogen (secondary N) is 1. The number of piperidine rings is 1. The summed E-state index contributed by atoms with van der Waals surface area (Å²) in [6, 6.07) is 13.1. The number of carbonyl (C=O) groups is 1. The predicted octanol–water partition coefficient (Wildman–Crippen LogP) is 4.47. The molecule has 6 nitrogen and oxygen atoms in total. The van der Waals surface area contributed by atoms with Gasteiger partial charge < -0.3 is 15.0 Å². The van der Waals surface area contributed by atoms with E-state index >= 15 is 0 Å². The number of rotatable bonds is 3. The van der Waals surface area contributed by atoms with Crippen LogP contribution in [0.2, 0.25) is 0 Å². The molecule has 2 saturated heterocycles. The maximum absolute atomic E-state index is 13.9. The van der Waals surface area contributed by atoms with Gasteiger partial charge in [0.2, 0.25) is 0 Å². The minimum atomic E-state index is -0.229. The van der Waals surface area contributed by atoms with Crippen molar-refractivity contribution in [2.24, 2.45) is 0 Å². The van der Waals surface area contributed by atoms with Gasteiger partial charge in [-0.15, -0.1) is 0 Å². The molecule has 6 rings (SSSR count). The van der Waals surface area contributed by atoms with Crippen molar-refractivity contribution in [3.05, 3.63) is 58.1 Å². The third-order valence-electron chi connectivity index (χ3n) is 9.15. The number of hydrogen-bond acceptors (Lipinski definition) is 6. The summed E-state index contributed by atoms with van der Waals surface area (Å²) in [5.41, 5.74) is 6.95. The van der Waals surface area contributed by atoms with Crippen LogP contribution >= 0.6 is 0 Å². The lowest BCUT2D eigenvalue weighted by molar-refractivity contribution is 0.0115. The first-order valence-electron chi connectivity index (χ1n) is 13.5. The van der Waals surface area contributed by atoms with Crippen LogP contribution in [0.15, 0.2) is 30.3 Å². The van der Waals surface area contributed by atoms with E-state index in [4.69, 9.17) is 4.74 Å². The Bertz CT molecular complexity index is 1230. The molecule has 2 atom stereocenters. The highest BCUT2D eigenvalue weighted by Gasteiger charge is 2.51. The van der Waals surface area contributed by atoms with E-state index in [1.54, 1.807) is 0 Å². The molecule has 0 spiro atoms. The van der Waals surface area contributed by atoms with Crippen LogP contribution in [0.1, 0.15) is 72.1 Å². The molecule has 0 saturated carbocycles. The lowest BCUT2D eigenvalue weighted by atomic mass is 9.63. The number of ketones is 1. The molecule has 0 bridgehead atoms. The summed E-state index contributed by atoms with van der Waals surface area (Å²) >= 11 is 0. The summed E-state index contributed by atoms with van der Waals surface area (Å²) in [4.78, 5) is 19.1. The molecule has 3 aliphatic heterocycles. The Kier molecular flexibility index (Phi) is 5.81. The normalized spacial score (nSPS) is 25.5. The molecule has 0 aromatic heterocycles. The van der Waals surface area contributed by atoms with E-state index < -0.39 is 0 Å². The molecule has 36 heavy (non-hydrogen) atoms. The van der Waals surface area contributed by atoms with Crippen LogP contribution in [-0.2, 0) is 16.6 Å². The van der Waals surface area contributed by atoms with Crippen molar-refractivity contribution in [2.45, 2.75) is 63.5 Å². The first-order chi connectivity index (χ1) is 17.4. The molecule has 1 aliphatic carbocycles. The van der Waals surface area contributed by atoms with Crippen LogP contribution in [-0.4, -0.2) is 62.2 Å². The Hall–Kier alpha value is -2.88.